The molecule has 1 atom stereocenters. The Kier molecular flexibility index (Phi) is 5.40. The predicted octanol–water partition coefficient (Wildman–Crippen LogP) is 4.31. The van der Waals surface area contributed by atoms with Crippen LogP contribution in [0.5, 0.6) is 5.75 Å². The normalized spacial score (nSPS) is 11.8. The number of nitrogens with one attached hydrogen (secondary N) is 1. The number of anilines is 1. The molecule has 0 spiro atoms. The lowest BCUT2D eigenvalue weighted by Gasteiger charge is -2.16. The Morgan fingerprint density at radius 1 is 1.12 bits per heavy atom. The Bertz CT molecular complexity index is 831. The minimum atomic E-state index is -0.577. The summed E-state index contributed by atoms with van der Waals surface area (Å²) < 4.78 is 5.79. The van der Waals surface area contributed by atoms with Crippen molar-refractivity contribution in [1.82, 2.24) is 10.2 Å². The van der Waals surface area contributed by atoms with Crippen LogP contribution in [-0.2, 0) is 4.79 Å². The van der Waals surface area contributed by atoms with Gasteiger partial charge in [-0.1, -0.05) is 66.3 Å². The van der Waals surface area contributed by atoms with Crippen LogP contribution in [0, 0.1) is 6.92 Å². The molecule has 0 bridgehead atoms. The molecule has 1 heterocycles. The number of carbonyl (C=O) groups excluding carboxylic acids is 1. The van der Waals surface area contributed by atoms with Crippen molar-refractivity contribution < 1.29 is 9.53 Å². The van der Waals surface area contributed by atoms with E-state index < -0.39 is 6.10 Å². The van der Waals surface area contributed by atoms with Crippen molar-refractivity contribution in [2.75, 3.05) is 5.32 Å². The van der Waals surface area contributed by atoms with Crippen LogP contribution in [0.15, 0.2) is 54.6 Å². The number of hydrogen-bond donors (Lipinski definition) is 1. The van der Waals surface area contributed by atoms with Gasteiger partial charge >= 0.3 is 0 Å². The van der Waals surface area contributed by atoms with E-state index >= 15 is 0 Å². The SMILES string of the molecule is CCC(Oc1ccc(C)cc1)C(=O)Nc1nnc(-c2ccccc2)s1. The lowest BCUT2D eigenvalue weighted by molar-refractivity contribution is -0.122. The second-order valence-electron chi connectivity index (χ2n) is 5.60. The molecule has 0 fully saturated rings. The molecule has 0 aliphatic heterocycles. The number of hydrogen-bond acceptors (Lipinski definition) is 5. The highest BCUT2D eigenvalue weighted by molar-refractivity contribution is 7.18. The third-order valence-corrected chi connectivity index (χ3v) is 4.53. The molecule has 0 radical (unpaired) electrons. The van der Waals surface area contributed by atoms with Gasteiger partial charge in [-0.3, -0.25) is 10.1 Å². The minimum Gasteiger partial charge on any atom is -0.481 e. The van der Waals surface area contributed by atoms with Crippen molar-refractivity contribution in [2.24, 2.45) is 0 Å². The molecule has 3 rings (SSSR count). The van der Waals surface area contributed by atoms with E-state index in [2.05, 4.69) is 15.5 Å². The van der Waals surface area contributed by atoms with Crippen LogP contribution in [0.4, 0.5) is 5.13 Å². The van der Waals surface area contributed by atoms with Crippen LogP contribution in [0.2, 0.25) is 0 Å². The summed E-state index contributed by atoms with van der Waals surface area (Å²) in [5.74, 6) is 0.452. The van der Waals surface area contributed by atoms with E-state index in [1.54, 1.807) is 0 Å². The van der Waals surface area contributed by atoms with E-state index in [0.717, 1.165) is 16.1 Å². The molecular formula is C19H19N3O2S. The number of aromatic nitrogens is 2. The van der Waals surface area contributed by atoms with E-state index in [1.807, 2.05) is 68.4 Å². The third kappa shape index (κ3) is 4.42. The van der Waals surface area contributed by atoms with Crippen LogP contribution in [0.3, 0.4) is 0 Å². The highest BCUT2D eigenvalue weighted by Gasteiger charge is 2.20. The first kappa shape index (κ1) is 17.1. The van der Waals surface area contributed by atoms with Crippen molar-refractivity contribution >= 4 is 22.4 Å². The van der Waals surface area contributed by atoms with Crippen molar-refractivity contribution in [3.05, 3.63) is 60.2 Å². The molecule has 6 heteroatoms. The number of carbonyl (C=O) groups is 1. The fraction of sp³-hybridized carbons (Fsp3) is 0.211. The van der Waals surface area contributed by atoms with E-state index in [4.69, 9.17) is 4.74 Å². The standard InChI is InChI=1S/C19H19N3O2S/c1-3-16(24-15-11-9-13(2)10-12-15)17(23)20-19-22-21-18(25-19)14-7-5-4-6-8-14/h4-12,16H,3H2,1-2H3,(H,20,22,23). The maximum Gasteiger partial charge on any atom is 0.267 e. The predicted molar refractivity (Wildman–Crippen MR) is 99.9 cm³/mol. The van der Waals surface area contributed by atoms with Crippen molar-refractivity contribution in [2.45, 2.75) is 26.4 Å². The van der Waals surface area contributed by atoms with Crippen LogP contribution < -0.4 is 10.1 Å². The summed E-state index contributed by atoms with van der Waals surface area (Å²) in [6, 6.07) is 17.4. The van der Waals surface area contributed by atoms with E-state index in [0.29, 0.717) is 17.3 Å². The average molecular weight is 353 g/mol. The maximum atomic E-state index is 12.5. The van der Waals surface area contributed by atoms with Crippen LogP contribution in [0.25, 0.3) is 10.6 Å². The van der Waals surface area contributed by atoms with Crippen molar-refractivity contribution in [1.29, 1.82) is 0 Å². The fourth-order valence-electron chi connectivity index (χ4n) is 2.26. The second-order valence-corrected chi connectivity index (χ2v) is 6.57. The van der Waals surface area contributed by atoms with Gasteiger partial charge in [0.1, 0.15) is 10.8 Å². The quantitative estimate of drug-likeness (QED) is 0.717. The zero-order valence-electron chi connectivity index (χ0n) is 14.1. The lowest BCUT2D eigenvalue weighted by Crippen LogP contribution is -2.32. The van der Waals surface area contributed by atoms with Crippen LogP contribution in [-0.4, -0.2) is 22.2 Å². The number of rotatable bonds is 6. The van der Waals surface area contributed by atoms with E-state index in [-0.39, 0.29) is 5.91 Å². The molecule has 1 amide bonds. The zero-order chi connectivity index (χ0) is 17.6. The summed E-state index contributed by atoms with van der Waals surface area (Å²) in [6.07, 6.45) is -0.0175. The van der Waals surface area contributed by atoms with Gasteiger partial charge in [0.15, 0.2) is 6.10 Å². The van der Waals surface area contributed by atoms with Gasteiger partial charge in [-0.05, 0) is 25.5 Å². The first-order chi connectivity index (χ1) is 12.2. The zero-order valence-corrected chi connectivity index (χ0v) is 14.9. The first-order valence-electron chi connectivity index (χ1n) is 8.09. The first-order valence-corrected chi connectivity index (χ1v) is 8.90. The summed E-state index contributed by atoms with van der Waals surface area (Å²) in [5.41, 5.74) is 2.12. The molecular weight excluding hydrogens is 334 g/mol. The molecule has 0 aliphatic rings. The smallest absolute Gasteiger partial charge is 0.267 e. The number of ether oxygens (including phenoxy) is 1. The highest BCUT2D eigenvalue weighted by Crippen LogP contribution is 2.26. The van der Waals surface area contributed by atoms with Gasteiger partial charge in [-0.2, -0.15) is 0 Å². The molecule has 25 heavy (non-hydrogen) atoms. The molecule has 3 aromatic rings. The average Bonchev–Trinajstić information content (AvgIpc) is 3.10. The summed E-state index contributed by atoms with van der Waals surface area (Å²) in [5, 5.41) is 12.2. The minimum absolute atomic E-state index is 0.223. The largest absolute Gasteiger partial charge is 0.481 e. The van der Waals surface area contributed by atoms with E-state index in [1.165, 1.54) is 11.3 Å². The lowest BCUT2D eigenvalue weighted by atomic mass is 10.2. The number of aryl methyl sites for hydroxylation is 1. The van der Waals surface area contributed by atoms with Gasteiger partial charge < -0.3 is 4.74 Å². The summed E-state index contributed by atoms with van der Waals surface area (Å²) in [6.45, 7) is 3.92. The van der Waals surface area contributed by atoms with Gasteiger partial charge in [0.2, 0.25) is 5.13 Å². The Balaban J connectivity index is 1.66. The molecule has 128 valence electrons. The second kappa shape index (κ2) is 7.90. The van der Waals surface area contributed by atoms with Gasteiger partial charge in [0, 0.05) is 5.56 Å². The Morgan fingerprint density at radius 3 is 2.52 bits per heavy atom. The molecule has 1 aromatic heterocycles. The monoisotopic (exact) mass is 353 g/mol. The van der Waals surface area contributed by atoms with Gasteiger partial charge in [-0.25, -0.2) is 0 Å². The molecule has 1 N–H and O–H groups in total. The summed E-state index contributed by atoms with van der Waals surface area (Å²) in [7, 11) is 0. The fourth-order valence-corrected chi connectivity index (χ4v) is 3.01. The topological polar surface area (TPSA) is 64.1 Å². The Hall–Kier alpha value is -2.73. The number of nitrogens with zero attached hydrogens (tertiary/aromatic N) is 2. The number of amides is 1. The molecule has 5 nitrogen and oxygen atoms in total. The van der Waals surface area contributed by atoms with Crippen molar-refractivity contribution in [3.8, 4) is 16.3 Å². The maximum absolute atomic E-state index is 12.5. The number of benzene rings is 2. The van der Waals surface area contributed by atoms with Gasteiger partial charge in [-0.15, -0.1) is 10.2 Å². The highest BCUT2D eigenvalue weighted by atomic mass is 32.1. The van der Waals surface area contributed by atoms with Gasteiger partial charge in [0.05, 0.1) is 0 Å². The molecule has 0 saturated carbocycles. The molecule has 0 saturated heterocycles. The Labute approximate surface area is 150 Å². The van der Waals surface area contributed by atoms with Crippen LogP contribution in [0.1, 0.15) is 18.9 Å². The van der Waals surface area contributed by atoms with Crippen LogP contribution >= 0.6 is 11.3 Å². The molecule has 0 aliphatic carbocycles. The van der Waals surface area contributed by atoms with Gasteiger partial charge in [0.25, 0.3) is 5.91 Å². The van der Waals surface area contributed by atoms with E-state index in [9.17, 15) is 4.79 Å². The Morgan fingerprint density at radius 2 is 1.84 bits per heavy atom. The molecule has 1 unspecified atom stereocenters. The third-order valence-electron chi connectivity index (χ3n) is 3.64. The van der Waals surface area contributed by atoms with Crippen molar-refractivity contribution in [3.63, 3.8) is 0 Å². The summed E-state index contributed by atoms with van der Waals surface area (Å²) >= 11 is 1.34. The summed E-state index contributed by atoms with van der Waals surface area (Å²) in [4.78, 5) is 12.5. The molecule has 2 aromatic carbocycles.